The Morgan fingerprint density at radius 3 is 2.38 bits per heavy atom. The van der Waals surface area contributed by atoms with Gasteiger partial charge < -0.3 is 10.2 Å². The summed E-state index contributed by atoms with van der Waals surface area (Å²) < 4.78 is 0. The number of hydrogen-bond acceptors (Lipinski definition) is 2. The van der Waals surface area contributed by atoms with Crippen LogP contribution in [0.5, 0.6) is 0 Å². The van der Waals surface area contributed by atoms with Gasteiger partial charge in [-0.3, -0.25) is 4.79 Å². The number of benzene rings is 1. The third kappa shape index (κ3) is 5.50. The van der Waals surface area contributed by atoms with E-state index in [4.69, 9.17) is 23.2 Å². The highest BCUT2D eigenvalue weighted by molar-refractivity contribution is 6.35. The van der Waals surface area contributed by atoms with E-state index in [1.807, 2.05) is 44.7 Å². The summed E-state index contributed by atoms with van der Waals surface area (Å²) in [7, 11) is 0. The molecule has 2 unspecified atom stereocenters. The second-order valence-electron chi connectivity index (χ2n) is 5.23. The van der Waals surface area contributed by atoms with Gasteiger partial charge in [0, 0.05) is 41.6 Å². The van der Waals surface area contributed by atoms with Gasteiger partial charge in [-0.1, -0.05) is 29.3 Å². The van der Waals surface area contributed by atoms with E-state index in [9.17, 15) is 4.79 Å². The largest absolute Gasteiger partial charge is 0.343 e. The van der Waals surface area contributed by atoms with Gasteiger partial charge in [0.1, 0.15) is 0 Å². The van der Waals surface area contributed by atoms with Gasteiger partial charge in [0.2, 0.25) is 5.91 Å². The first kappa shape index (κ1) is 18.3. The van der Waals surface area contributed by atoms with Crippen molar-refractivity contribution in [3.63, 3.8) is 0 Å². The number of nitrogens with zero attached hydrogens (tertiary/aromatic N) is 1. The minimum atomic E-state index is 0.0641. The van der Waals surface area contributed by atoms with Gasteiger partial charge in [0.25, 0.3) is 0 Å². The molecule has 0 aliphatic carbocycles. The monoisotopic (exact) mass is 330 g/mol. The molecule has 5 heteroatoms. The van der Waals surface area contributed by atoms with Crippen molar-refractivity contribution in [1.82, 2.24) is 10.2 Å². The van der Waals surface area contributed by atoms with Crippen LogP contribution >= 0.6 is 23.2 Å². The van der Waals surface area contributed by atoms with Crippen LogP contribution in [0.3, 0.4) is 0 Å². The number of hydrogen-bond donors (Lipinski definition) is 1. The van der Waals surface area contributed by atoms with E-state index < -0.39 is 0 Å². The van der Waals surface area contributed by atoms with Crippen LogP contribution in [-0.4, -0.2) is 29.9 Å². The van der Waals surface area contributed by atoms with Crippen molar-refractivity contribution in [3.05, 3.63) is 33.8 Å². The maximum atomic E-state index is 12.1. The van der Waals surface area contributed by atoms with Gasteiger partial charge in [-0.15, -0.1) is 0 Å². The van der Waals surface area contributed by atoms with Crippen LogP contribution in [0.15, 0.2) is 18.2 Å². The molecule has 1 rings (SSSR count). The van der Waals surface area contributed by atoms with E-state index in [2.05, 4.69) is 5.32 Å². The fourth-order valence-corrected chi connectivity index (χ4v) is 2.97. The first-order valence-electron chi connectivity index (χ1n) is 7.37. The lowest BCUT2D eigenvalue weighted by Gasteiger charge is -2.24. The number of amides is 1. The topological polar surface area (TPSA) is 32.3 Å². The van der Waals surface area contributed by atoms with Crippen LogP contribution < -0.4 is 5.32 Å². The Morgan fingerprint density at radius 1 is 1.24 bits per heavy atom. The van der Waals surface area contributed by atoms with Gasteiger partial charge >= 0.3 is 0 Å². The number of halogens is 2. The number of rotatable bonds is 7. The van der Waals surface area contributed by atoms with E-state index in [-0.39, 0.29) is 18.0 Å². The van der Waals surface area contributed by atoms with Gasteiger partial charge in [0.05, 0.1) is 0 Å². The van der Waals surface area contributed by atoms with Gasteiger partial charge in [0.15, 0.2) is 0 Å². The lowest BCUT2D eigenvalue weighted by Crippen LogP contribution is -2.37. The molecular weight excluding hydrogens is 307 g/mol. The molecule has 0 fully saturated rings. The first-order chi connectivity index (χ1) is 9.88. The fraction of sp³-hybridized carbons (Fsp3) is 0.562. The zero-order valence-corrected chi connectivity index (χ0v) is 14.6. The molecule has 2 atom stereocenters. The lowest BCUT2D eigenvalue weighted by molar-refractivity contribution is -0.131. The maximum absolute atomic E-state index is 12.1. The Kier molecular flexibility index (Phi) is 7.50. The molecule has 0 saturated carbocycles. The molecule has 1 aromatic rings. The van der Waals surface area contributed by atoms with Crippen molar-refractivity contribution in [1.29, 1.82) is 0 Å². The Balaban J connectivity index is 2.61. The molecule has 0 aromatic heterocycles. The lowest BCUT2D eigenvalue weighted by atomic mass is 10.1. The molecular formula is C16H24Cl2N2O. The van der Waals surface area contributed by atoms with Crippen LogP contribution in [0.1, 0.15) is 45.7 Å². The molecule has 0 radical (unpaired) electrons. The molecule has 0 saturated heterocycles. The van der Waals surface area contributed by atoms with Crippen molar-refractivity contribution in [2.75, 3.05) is 13.1 Å². The summed E-state index contributed by atoms with van der Waals surface area (Å²) in [5.74, 6) is 0.175. The van der Waals surface area contributed by atoms with Crippen molar-refractivity contribution in [3.8, 4) is 0 Å². The fourth-order valence-electron chi connectivity index (χ4n) is 2.40. The number of nitrogens with one attached hydrogen (secondary N) is 1. The highest BCUT2D eigenvalue weighted by atomic mass is 35.5. The standard InChI is InChI=1S/C16H24Cl2N2O/c1-5-20(6-2)16(21)9-11(3)19-12(4)14-8-7-13(17)10-15(14)18/h7-8,10-12,19H,5-6,9H2,1-4H3. The van der Waals surface area contributed by atoms with Gasteiger partial charge in [-0.05, 0) is 45.4 Å². The predicted octanol–water partition coefficient (Wildman–Crippen LogP) is 4.29. The third-order valence-corrected chi connectivity index (χ3v) is 4.12. The van der Waals surface area contributed by atoms with E-state index in [0.29, 0.717) is 16.5 Å². The van der Waals surface area contributed by atoms with Crippen LogP contribution in [0.25, 0.3) is 0 Å². The minimum absolute atomic E-state index is 0.0641. The van der Waals surface area contributed by atoms with E-state index in [1.54, 1.807) is 6.07 Å². The second-order valence-corrected chi connectivity index (χ2v) is 6.07. The second kappa shape index (κ2) is 8.62. The Morgan fingerprint density at radius 2 is 1.86 bits per heavy atom. The molecule has 0 spiro atoms. The van der Waals surface area contributed by atoms with E-state index in [1.165, 1.54) is 0 Å². The molecule has 1 N–H and O–H groups in total. The quantitative estimate of drug-likeness (QED) is 0.808. The van der Waals surface area contributed by atoms with Crippen molar-refractivity contribution < 1.29 is 4.79 Å². The molecule has 0 bridgehead atoms. The summed E-state index contributed by atoms with van der Waals surface area (Å²) in [5.41, 5.74) is 0.989. The first-order valence-corrected chi connectivity index (χ1v) is 8.13. The summed E-state index contributed by atoms with van der Waals surface area (Å²) in [6.07, 6.45) is 0.483. The van der Waals surface area contributed by atoms with Crippen molar-refractivity contribution in [2.45, 2.75) is 46.2 Å². The Labute approximate surface area is 137 Å². The van der Waals surface area contributed by atoms with Crippen LogP contribution in [0.2, 0.25) is 10.0 Å². The summed E-state index contributed by atoms with van der Waals surface area (Å²) in [6.45, 7) is 9.54. The highest BCUT2D eigenvalue weighted by Gasteiger charge is 2.17. The molecule has 0 aliphatic heterocycles. The molecule has 21 heavy (non-hydrogen) atoms. The molecule has 1 amide bonds. The van der Waals surface area contributed by atoms with E-state index >= 15 is 0 Å². The van der Waals surface area contributed by atoms with Gasteiger partial charge in [-0.25, -0.2) is 0 Å². The maximum Gasteiger partial charge on any atom is 0.224 e. The third-order valence-electron chi connectivity index (χ3n) is 3.56. The molecule has 0 heterocycles. The van der Waals surface area contributed by atoms with Crippen LogP contribution in [0, 0.1) is 0 Å². The van der Waals surface area contributed by atoms with Crippen LogP contribution in [-0.2, 0) is 4.79 Å². The molecule has 118 valence electrons. The molecule has 1 aromatic carbocycles. The van der Waals surface area contributed by atoms with E-state index in [0.717, 1.165) is 18.7 Å². The normalized spacial score (nSPS) is 13.8. The zero-order valence-electron chi connectivity index (χ0n) is 13.1. The van der Waals surface area contributed by atoms with Crippen LogP contribution in [0.4, 0.5) is 0 Å². The summed E-state index contributed by atoms with van der Waals surface area (Å²) in [6, 6.07) is 5.63. The Bertz CT molecular complexity index is 475. The zero-order chi connectivity index (χ0) is 16.0. The number of carbonyl (C=O) groups is 1. The number of carbonyl (C=O) groups excluding carboxylic acids is 1. The smallest absolute Gasteiger partial charge is 0.224 e. The molecule has 0 aliphatic rings. The average molecular weight is 331 g/mol. The summed E-state index contributed by atoms with van der Waals surface area (Å²) in [4.78, 5) is 13.9. The average Bonchev–Trinajstić information content (AvgIpc) is 2.39. The molecule has 3 nitrogen and oxygen atoms in total. The van der Waals surface area contributed by atoms with Gasteiger partial charge in [-0.2, -0.15) is 0 Å². The highest BCUT2D eigenvalue weighted by Crippen LogP contribution is 2.26. The Hall–Kier alpha value is -0.770. The van der Waals surface area contributed by atoms with Crippen molar-refractivity contribution >= 4 is 29.1 Å². The summed E-state index contributed by atoms with van der Waals surface area (Å²) in [5, 5.41) is 4.68. The minimum Gasteiger partial charge on any atom is -0.343 e. The SMILES string of the molecule is CCN(CC)C(=O)CC(C)NC(C)c1ccc(Cl)cc1Cl. The summed E-state index contributed by atoms with van der Waals surface area (Å²) >= 11 is 12.1. The van der Waals surface area contributed by atoms with Crippen molar-refractivity contribution in [2.24, 2.45) is 0 Å². The predicted molar refractivity (Wildman–Crippen MR) is 90.0 cm³/mol.